The molecule has 0 amide bonds. The van der Waals surface area contributed by atoms with Crippen LogP contribution < -0.4 is 5.73 Å². The van der Waals surface area contributed by atoms with E-state index < -0.39 is 16.6 Å². The third kappa shape index (κ3) is 5.63. The Morgan fingerprint density at radius 2 is 1.70 bits per heavy atom. The van der Waals surface area contributed by atoms with Gasteiger partial charge in [-0.2, -0.15) is 0 Å². The Hall–Kier alpha value is -0.606. The quantitative estimate of drug-likeness (QED) is 0.256. The molecule has 3 heterocycles. The Morgan fingerprint density at radius 3 is 2.27 bits per heavy atom. The standard InChI is InChI=1S/C22H40IN5O3Si2/c1-21(2,3)32(7,8)29-12-15-14(31-33(9,10)22(4,5)6)11-16(30-15)28-13-25-17-18(24)26-20(23)27-19(17)28/h13-16H,11-12H2,1-10H3,(H2,24,26,27)/t14?,15-,16-/m1/s1. The monoisotopic (exact) mass is 605 g/mol. The Morgan fingerprint density at radius 1 is 1.09 bits per heavy atom. The summed E-state index contributed by atoms with van der Waals surface area (Å²) in [5.41, 5.74) is 7.37. The van der Waals surface area contributed by atoms with Crippen molar-refractivity contribution in [2.24, 2.45) is 0 Å². The topological polar surface area (TPSA) is 97.3 Å². The Bertz CT molecular complexity index is 1000. The number of hydrogen-bond donors (Lipinski definition) is 1. The van der Waals surface area contributed by atoms with E-state index in [4.69, 9.17) is 19.3 Å². The van der Waals surface area contributed by atoms with Crippen molar-refractivity contribution in [1.82, 2.24) is 19.5 Å². The van der Waals surface area contributed by atoms with Crippen molar-refractivity contribution < 1.29 is 13.6 Å². The first-order valence-corrected chi connectivity index (χ1v) is 18.5. The number of halogens is 1. The van der Waals surface area contributed by atoms with Crippen LogP contribution in [0, 0.1) is 3.83 Å². The lowest BCUT2D eigenvalue weighted by Crippen LogP contribution is -2.48. The highest BCUT2D eigenvalue weighted by atomic mass is 127. The Balaban J connectivity index is 1.90. The van der Waals surface area contributed by atoms with E-state index in [0.29, 0.717) is 33.8 Å². The largest absolute Gasteiger partial charge is 0.414 e. The van der Waals surface area contributed by atoms with Gasteiger partial charge in [0.05, 0.1) is 19.0 Å². The normalized spacial score (nSPS) is 22.9. The van der Waals surface area contributed by atoms with Crippen molar-refractivity contribution in [3.63, 3.8) is 0 Å². The molecule has 1 aliphatic rings. The number of nitrogen functional groups attached to an aromatic ring is 1. The van der Waals surface area contributed by atoms with E-state index in [9.17, 15) is 0 Å². The zero-order valence-corrected chi connectivity index (χ0v) is 25.9. The Labute approximate surface area is 213 Å². The molecule has 2 aromatic heterocycles. The molecule has 0 spiro atoms. The fourth-order valence-corrected chi connectivity index (χ4v) is 6.19. The third-order valence-corrected chi connectivity index (χ3v) is 17.1. The van der Waals surface area contributed by atoms with Crippen molar-refractivity contribution in [3.8, 4) is 0 Å². The molecule has 1 aliphatic heterocycles. The summed E-state index contributed by atoms with van der Waals surface area (Å²) in [6, 6.07) is 0. The fourth-order valence-electron chi connectivity index (χ4n) is 3.33. The molecule has 2 aromatic rings. The van der Waals surface area contributed by atoms with Gasteiger partial charge in [-0.05, 0) is 36.3 Å². The highest BCUT2D eigenvalue weighted by Crippen LogP contribution is 2.43. The molecule has 1 unspecified atom stereocenters. The minimum Gasteiger partial charge on any atom is -0.414 e. The zero-order valence-electron chi connectivity index (χ0n) is 21.7. The van der Waals surface area contributed by atoms with Crippen molar-refractivity contribution in [1.29, 1.82) is 0 Å². The number of nitrogens with two attached hydrogens (primary N) is 1. The molecular weight excluding hydrogens is 565 g/mol. The maximum absolute atomic E-state index is 6.87. The molecule has 1 fully saturated rings. The molecule has 3 atom stereocenters. The maximum Gasteiger partial charge on any atom is 0.194 e. The second-order valence-corrected chi connectivity index (χ2v) is 22.6. The lowest BCUT2D eigenvalue weighted by molar-refractivity contribution is -0.0383. The van der Waals surface area contributed by atoms with E-state index in [-0.39, 0.29) is 28.5 Å². The predicted octanol–water partition coefficient (Wildman–Crippen LogP) is 5.71. The molecule has 0 bridgehead atoms. The highest BCUT2D eigenvalue weighted by molar-refractivity contribution is 14.1. The van der Waals surface area contributed by atoms with E-state index in [1.165, 1.54) is 0 Å². The summed E-state index contributed by atoms with van der Waals surface area (Å²) < 4.78 is 22.6. The maximum atomic E-state index is 6.87. The van der Waals surface area contributed by atoms with E-state index >= 15 is 0 Å². The first-order valence-electron chi connectivity index (χ1n) is 11.6. The zero-order chi connectivity index (χ0) is 25.0. The van der Waals surface area contributed by atoms with Gasteiger partial charge >= 0.3 is 0 Å². The molecule has 0 aromatic carbocycles. The molecule has 3 rings (SSSR count). The van der Waals surface area contributed by atoms with E-state index in [2.05, 4.69) is 105 Å². The SMILES string of the molecule is CC(C)(C)[Si](C)(C)OC[C@H]1O[C@@H](n2cnc3c(N)nc(I)nc32)CC1O[Si](C)(C)C(C)(C)C. The average molecular weight is 606 g/mol. The molecule has 0 saturated carbocycles. The van der Waals surface area contributed by atoms with Crippen LogP contribution in [0.4, 0.5) is 5.82 Å². The first kappa shape index (κ1) is 27.0. The van der Waals surface area contributed by atoms with E-state index in [1.807, 2.05) is 4.57 Å². The molecule has 33 heavy (non-hydrogen) atoms. The van der Waals surface area contributed by atoms with Gasteiger partial charge in [-0.25, -0.2) is 15.0 Å². The number of imidazole rings is 1. The molecule has 11 heteroatoms. The summed E-state index contributed by atoms with van der Waals surface area (Å²) >= 11 is 2.08. The number of aromatic nitrogens is 4. The molecule has 8 nitrogen and oxygen atoms in total. The van der Waals surface area contributed by atoms with Crippen LogP contribution in [-0.4, -0.2) is 55.0 Å². The van der Waals surface area contributed by atoms with Gasteiger partial charge in [-0.15, -0.1) is 0 Å². The van der Waals surface area contributed by atoms with Crippen LogP contribution in [0.25, 0.3) is 11.2 Å². The summed E-state index contributed by atoms with van der Waals surface area (Å²) in [7, 11) is -3.93. The summed E-state index contributed by atoms with van der Waals surface area (Å²) in [4.78, 5) is 13.3. The molecule has 0 radical (unpaired) electrons. The summed E-state index contributed by atoms with van der Waals surface area (Å²) in [6.45, 7) is 23.2. The van der Waals surface area contributed by atoms with Gasteiger partial charge in [-0.1, -0.05) is 41.5 Å². The lowest BCUT2D eigenvalue weighted by atomic mass is 10.2. The van der Waals surface area contributed by atoms with Crippen LogP contribution in [0.3, 0.4) is 0 Å². The van der Waals surface area contributed by atoms with E-state index in [0.717, 1.165) is 0 Å². The number of anilines is 1. The Kier molecular flexibility index (Phi) is 7.46. The van der Waals surface area contributed by atoms with Crippen LogP contribution in [-0.2, 0) is 13.6 Å². The van der Waals surface area contributed by atoms with Crippen LogP contribution in [0.2, 0.25) is 36.3 Å². The fraction of sp³-hybridized carbons (Fsp3) is 0.773. The van der Waals surface area contributed by atoms with Gasteiger partial charge in [0, 0.05) is 29.0 Å². The number of hydrogen-bond acceptors (Lipinski definition) is 7. The van der Waals surface area contributed by atoms with Crippen LogP contribution in [0.15, 0.2) is 6.33 Å². The number of ether oxygens (including phenoxy) is 1. The van der Waals surface area contributed by atoms with Gasteiger partial charge in [0.2, 0.25) is 0 Å². The smallest absolute Gasteiger partial charge is 0.194 e. The van der Waals surface area contributed by atoms with Gasteiger partial charge < -0.3 is 19.3 Å². The van der Waals surface area contributed by atoms with Gasteiger partial charge in [0.15, 0.2) is 31.9 Å². The summed E-state index contributed by atoms with van der Waals surface area (Å²) in [5.74, 6) is 0.382. The molecule has 1 saturated heterocycles. The third-order valence-electron chi connectivity index (χ3n) is 7.58. The summed E-state index contributed by atoms with van der Waals surface area (Å²) in [6.07, 6.45) is 1.99. The van der Waals surface area contributed by atoms with Gasteiger partial charge in [0.1, 0.15) is 17.8 Å². The number of nitrogens with zero attached hydrogens (tertiary/aromatic N) is 4. The molecule has 2 N–H and O–H groups in total. The van der Waals surface area contributed by atoms with E-state index in [1.54, 1.807) is 6.33 Å². The highest BCUT2D eigenvalue weighted by Gasteiger charge is 2.46. The number of rotatable bonds is 6. The second kappa shape index (κ2) is 9.12. The first-order chi connectivity index (χ1) is 14.9. The molecular formula is C22H40IN5O3Si2. The van der Waals surface area contributed by atoms with Gasteiger partial charge in [0.25, 0.3) is 0 Å². The minimum absolute atomic E-state index is 0.0589. The average Bonchev–Trinajstić information content (AvgIpc) is 3.21. The van der Waals surface area contributed by atoms with Crippen molar-refractivity contribution in [3.05, 3.63) is 10.2 Å². The van der Waals surface area contributed by atoms with Crippen LogP contribution in [0.5, 0.6) is 0 Å². The summed E-state index contributed by atoms with van der Waals surface area (Å²) in [5, 5.41) is 0.238. The van der Waals surface area contributed by atoms with Crippen LogP contribution >= 0.6 is 22.6 Å². The van der Waals surface area contributed by atoms with Gasteiger partial charge in [-0.3, -0.25) is 4.57 Å². The minimum atomic E-state index is -2.01. The predicted molar refractivity (Wildman–Crippen MR) is 146 cm³/mol. The van der Waals surface area contributed by atoms with Crippen LogP contribution in [0.1, 0.15) is 54.2 Å². The van der Waals surface area contributed by atoms with Crippen molar-refractivity contribution >= 4 is 56.2 Å². The molecule has 0 aliphatic carbocycles. The van der Waals surface area contributed by atoms with Crippen molar-refractivity contribution in [2.45, 2.75) is 103 Å². The molecule has 186 valence electrons. The van der Waals surface area contributed by atoms with Crippen molar-refractivity contribution in [2.75, 3.05) is 12.3 Å². The second-order valence-electron chi connectivity index (χ2n) is 12.1. The number of fused-ring (bicyclic) bond motifs is 1. The lowest BCUT2D eigenvalue weighted by Gasteiger charge is -2.40.